The molecule has 0 aliphatic rings. The van der Waals surface area contributed by atoms with Crippen LogP contribution in [0.15, 0.2) is 41.5 Å². The second-order valence-electron chi connectivity index (χ2n) is 7.85. The minimum Gasteiger partial charge on any atom is -0.508 e. The standard InChI is InChI=1S/C22H26N4O2/c1-13(2)25(14(3)4)10-9-23-17-6-7-18-21-20(17)22(28)16-11-15(27)5-8-19(16)26(21)12-24-18/h5-8,11-14,23,27H,9-10H2,1-4H3. The lowest BCUT2D eigenvalue weighted by molar-refractivity contribution is 0.182. The van der Waals surface area contributed by atoms with Gasteiger partial charge < -0.3 is 10.4 Å². The molecule has 146 valence electrons. The molecule has 0 radical (unpaired) electrons. The SMILES string of the molecule is CC(C)N(CCNc1ccc2ncn3c4ccc(O)cc4c(=O)c1c23)C(C)C. The molecule has 0 saturated heterocycles. The molecular formula is C22H26N4O2. The van der Waals surface area contributed by atoms with Gasteiger partial charge in [-0.05, 0) is 58.0 Å². The molecule has 28 heavy (non-hydrogen) atoms. The van der Waals surface area contributed by atoms with E-state index >= 15 is 0 Å². The van der Waals surface area contributed by atoms with Crippen LogP contribution in [0.1, 0.15) is 27.7 Å². The van der Waals surface area contributed by atoms with Gasteiger partial charge in [0.25, 0.3) is 0 Å². The van der Waals surface area contributed by atoms with E-state index in [4.69, 9.17) is 0 Å². The lowest BCUT2D eigenvalue weighted by Crippen LogP contribution is -2.40. The molecule has 0 bridgehead atoms. The van der Waals surface area contributed by atoms with Crippen molar-refractivity contribution in [2.75, 3.05) is 18.4 Å². The van der Waals surface area contributed by atoms with Crippen molar-refractivity contribution < 1.29 is 5.11 Å². The summed E-state index contributed by atoms with van der Waals surface area (Å²) < 4.78 is 1.93. The number of fused-ring (bicyclic) bond motifs is 2. The highest BCUT2D eigenvalue weighted by atomic mass is 16.3. The van der Waals surface area contributed by atoms with Crippen LogP contribution in [0.25, 0.3) is 27.3 Å². The maximum absolute atomic E-state index is 13.3. The number of hydrogen-bond donors (Lipinski definition) is 2. The summed E-state index contributed by atoms with van der Waals surface area (Å²) in [5, 5.41) is 14.4. The summed E-state index contributed by atoms with van der Waals surface area (Å²) in [6.07, 6.45) is 1.74. The monoisotopic (exact) mass is 378 g/mol. The molecule has 0 amide bonds. The number of aromatic nitrogens is 2. The van der Waals surface area contributed by atoms with Crippen molar-refractivity contribution in [3.8, 4) is 5.75 Å². The van der Waals surface area contributed by atoms with Crippen molar-refractivity contribution in [2.45, 2.75) is 39.8 Å². The third-order valence-electron chi connectivity index (χ3n) is 5.43. The summed E-state index contributed by atoms with van der Waals surface area (Å²) in [5.41, 5.74) is 3.08. The average molecular weight is 378 g/mol. The van der Waals surface area contributed by atoms with Gasteiger partial charge in [-0.2, -0.15) is 0 Å². The van der Waals surface area contributed by atoms with Crippen LogP contribution in [-0.4, -0.2) is 44.6 Å². The molecule has 2 aromatic carbocycles. The number of phenolic OH excluding ortho intramolecular Hbond substituents is 1. The van der Waals surface area contributed by atoms with E-state index in [2.05, 4.69) is 42.9 Å². The zero-order chi connectivity index (χ0) is 20.0. The average Bonchev–Trinajstić information content (AvgIpc) is 3.07. The minimum absolute atomic E-state index is 0.0851. The molecule has 0 aliphatic heterocycles. The van der Waals surface area contributed by atoms with Crippen molar-refractivity contribution >= 4 is 33.0 Å². The number of hydrogen-bond acceptors (Lipinski definition) is 5. The Bertz CT molecular complexity index is 1190. The van der Waals surface area contributed by atoms with Gasteiger partial charge in [-0.3, -0.25) is 14.1 Å². The predicted octanol–water partition coefficient (Wildman–Crippen LogP) is 3.68. The molecule has 0 saturated carbocycles. The normalized spacial score (nSPS) is 12.4. The van der Waals surface area contributed by atoms with Gasteiger partial charge in [0.1, 0.15) is 12.1 Å². The van der Waals surface area contributed by atoms with E-state index in [9.17, 15) is 9.90 Å². The van der Waals surface area contributed by atoms with Gasteiger partial charge in [-0.1, -0.05) is 0 Å². The summed E-state index contributed by atoms with van der Waals surface area (Å²) in [6.45, 7) is 10.4. The first kappa shape index (κ1) is 18.5. The van der Waals surface area contributed by atoms with Gasteiger partial charge in [-0.15, -0.1) is 0 Å². The summed E-state index contributed by atoms with van der Waals surface area (Å²) in [4.78, 5) is 20.1. The summed E-state index contributed by atoms with van der Waals surface area (Å²) in [6, 6.07) is 9.67. The van der Waals surface area contributed by atoms with E-state index in [0.29, 0.717) is 22.9 Å². The first-order valence-electron chi connectivity index (χ1n) is 9.76. The number of phenols is 1. The predicted molar refractivity (Wildman–Crippen MR) is 115 cm³/mol. The molecule has 6 nitrogen and oxygen atoms in total. The van der Waals surface area contributed by atoms with Crippen LogP contribution in [0.4, 0.5) is 5.69 Å². The topological polar surface area (TPSA) is 69.9 Å². The Morgan fingerprint density at radius 1 is 1.14 bits per heavy atom. The molecular weight excluding hydrogens is 352 g/mol. The van der Waals surface area contributed by atoms with Gasteiger partial charge in [0.15, 0.2) is 5.43 Å². The number of imidazole rings is 1. The maximum Gasteiger partial charge on any atom is 0.199 e. The van der Waals surface area contributed by atoms with Crippen molar-refractivity contribution in [1.29, 1.82) is 0 Å². The molecule has 4 rings (SSSR count). The Hall–Kier alpha value is -2.86. The van der Waals surface area contributed by atoms with E-state index in [-0.39, 0.29) is 11.2 Å². The van der Waals surface area contributed by atoms with Gasteiger partial charge in [0.2, 0.25) is 0 Å². The maximum atomic E-state index is 13.3. The second kappa shape index (κ2) is 6.95. The first-order valence-corrected chi connectivity index (χ1v) is 9.76. The van der Waals surface area contributed by atoms with Crippen LogP contribution in [0.2, 0.25) is 0 Å². The fourth-order valence-electron chi connectivity index (χ4n) is 4.15. The van der Waals surface area contributed by atoms with Crippen molar-refractivity contribution in [1.82, 2.24) is 14.3 Å². The van der Waals surface area contributed by atoms with Crippen LogP contribution in [0, 0.1) is 0 Å². The molecule has 0 fully saturated rings. The minimum atomic E-state index is -0.0865. The molecule has 2 N–H and O–H groups in total. The van der Waals surface area contributed by atoms with E-state index in [0.717, 1.165) is 35.3 Å². The first-order chi connectivity index (χ1) is 13.4. The number of rotatable bonds is 6. The van der Waals surface area contributed by atoms with Gasteiger partial charge in [0, 0.05) is 30.9 Å². The summed E-state index contributed by atoms with van der Waals surface area (Å²) in [5.74, 6) is 0.0851. The molecule has 0 aliphatic carbocycles. The fraction of sp³-hybridized carbons (Fsp3) is 0.364. The summed E-state index contributed by atoms with van der Waals surface area (Å²) >= 11 is 0. The Kier molecular flexibility index (Phi) is 4.59. The summed E-state index contributed by atoms with van der Waals surface area (Å²) in [7, 11) is 0. The number of pyridine rings is 1. The van der Waals surface area contributed by atoms with E-state index < -0.39 is 0 Å². The number of benzene rings is 2. The van der Waals surface area contributed by atoms with Crippen LogP contribution in [0.5, 0.6) is 5.75 Å². The third-order valence-corrected chi connectivity index (χ3v) is 5.43. The Morgan fingerprint density at radius 2 is 1.89 bits per heavy atom. The molecule has 0 unspecified atom stereocenters. The van der Waals surface area contributed by atoms with Crippen LogP contribution >= 0.6 is 0 Å². The Balaban J connectivity index is 1.80. The van der Waals surface area contributed by atoms with Gasteiger partial charge in [-0.25, -0.2) is 4.98 Å². The smallest absolute Gasteiger partial charge is 0.199 e. The molecule has 0 atom stereocenters. The molecule has 2 aromatic heterocycles. The van der Waals surface area contributed by atoms with Gasteiger partial charge >= 0.3 is 0 Å². The van der Waals surface area contributed by atoms with Crippen LogP contribution in [0.3, 0.4) is 0 Å². The van der Waals surface area contributed by atoms with E-state index in [1.54, 1.807) is 18.5 Å². The number of aromatic hydroxyl groups is 1. The highest BCUT2D eigenvalue weighted by Crippen LogP contribution is 2.29. The van der Waals surface area contributed by atoms with Crippen LogP contribution < -0.4 is 10.7 Å². The fourth-order valence-corrected chi connectivity index (χ4v) is 4.15. The lowest BCUT2D eigenvalue weighted by Gasteiger charge is -2.30. The molecule has 6 heteroatoms. The van der Waals surface area contributed by atoms with Crippen molar-refractivity contribution in [2.24, 2.45) is 0 Å². The van der Waals surface area contributed by atoms with Crippen LogP contribution in [-0.2, 0) is 0 Å². The largest absolute Gasteiger partial charge is 0.508 e. The quantitative estimate of drug-likeness (QED) is 0.501. The van der Waals surface area contributed by atoms with E-state index in [1.807, 2.05) is 16.5 Å². The lowest BCUT2D eigenvalue weighted by atomic mass is 10.1. The van der Waals surface area contributed by atoms with Crippen molar-refractivity contribution in [3.05, 3.63) is 46.9 Å². The zero-order valence-electron chi connectivity index (χ0n) is 16.7. The Morgan fingerprint density at radius 3 is 2.61 bits per heavy atom. The molecule has 4 aromatic rings. The highest BCUT2D eigenvalue weighted by molar-refractivity contribution is 6.07. The molecule has 2 heterocycles. The highest BCUT2D eigenvalue weighted by Gasteiger charge is 2.17. The number of nitrogens with zero attached hydrogens (tertiary/aromatic N) is 3. The number of anilines is 1. The zero-order valence-corrected chi connectivity index (χ0v) is 16.7. The van der Waals surface area contributed by atoms with Crippen molar-refractivity contribution in [3.63, 3.8) is 0 Å². The third kappa shape index (κ3) is 2.94. The second-order valence-corrected chi connectivity index (χ2v) is 7.85. The molecule has 0 spiro atoms. The van der Waals surface area contributed by atoms with E-state index in [1.165, 1.54) is 6.07 Å². The van der Waals surface area contributed by atoms with Gasteiger partial charge in [0.05, 0.1) is 27.3 Å². The Labute approximate surface area is 163 Å². The number of nitrogens with one attached hydrogen (secondary N) is 1.